The predicted molar refractivity (Wildman–Crippen MR) is 76.3 cm³/mol. The third-order valence-corrected chi connectivity index (χ3v) is 4.62. The molecule has 1 aliphatic rings. The van der Waals surface area contributed by atoms with Crippen LogP contribution in [0.3, 0.4) is 0 Å². The lowest BCUT2D eigenvalue weighted by molar-refractivity contribution is -0.958. The number of quaternary nitrogens is 2. The van der Waals surface area contributed by atoms with Gasteiger partial charge >= 0.3 is 0 Å². The Labute approximate surface area is 112 Å². The fourth-order valence-electron chi connectivity index (χ4n) is 3.09. The summed E-state index contributed by atoms with van der Waals surface area (Å²) in [6.07, 6.45) is 2.55. The molecule has 2 heteroatoms. The molecule has 0 aromatic heterocycles. The van der Waals surface area contributed by atoms with Gasteiger partial charge in [0.25, 0.3) is 0 Å². The van der Waals surface area contributed by atoms with Crippen LogP contribution in [0.1, 0.15) is 25.0 Å². The Morgan fingerprint density at radius 1 is 1.00 bits per heavy atom. The van der Waals surface area contributed by atoms with E-state index in [1.807, 2.05) is 0 Å². The van der Waals surface area contributed by atoms with Gasteiger partial charge in [-0.3, -0.25) is 0 Å². The van der Waals surface area contributed by atoms with Crippen molar-refractivity contribution in [2.75, 3.05) is 33.2 Å². The van der Waals surface area contributed by atoms with Crippen LogP contribution in [-0.4, -0.2) is 39.3 Å². The second-order valence-electron chi connectivity index (χ2n) is 5.68. The van der Waals surface area contributed by atoms with Gasteiger partial charge in [0.15, 0.2) is 0 Å². The maximum absolute atomic E-state index is 2.37. The molecular formula is C16H28N2+2. The van der Waals surface area contributed by atoms with Crippen molar-refractivity contribution in [3.05, 3.63) is 35.4 Å². The molecule has 0 saturated heterocycles. The van der Waals surface area contributed by atoms with Gasteiger partial charge < -0.3 is 9.80 Å². The SMILES string of the molecule is CC[NH+](CC)CC[NH+](C)C1Cc2ccccc2C1. The molecule has 100 valence electrons. The van der Waals surface area contributed by atoms with Gasteiger partial charge in [0, 0.05) is 12.8 Å². The van der Waals surface area contributed by atoms with Gasteiger partial charge in [-0.05, 0) is 25.0 Å². The summed E-state index contributed by atoms with van der Waals surface area (Å²) in [5.74, 6) is 0. The highest BCUT2D eigenvalue weighted by Gasteiger charge is 2.27. The maximum Gasteiger partial charge on any atom is 0.127 e. The van der Waals surface area contributed by atoms with E-state index >= 15 is 0 Å². The molecule has 1 aromatic carbocycles. The van der Waals surface area contributed by atoms with Crippen LogP contribution in [0, 0.1) is 0 Å². The minimum Gasteiger partial charge on any atom is -0.331 e. The molecule has 1 atom stereocenters. The summed E-state index contributed by atoms with van der Waals surface area (Å²) in [4.78, 5) is 3.44. The number of fused-ring (bicyclic) bond motifs is 1. The molecule has 2 N–H and O–H groups in total. The molecule has 1 unspecified atom stereocenters. The van der Waals surface area contributed by atoms with Gasteiger partial charge in [0.05, 0.1) is 26.2 Å². The van der Waals surface area contributed by atoms with E-state index in [-0.39, 0.29) is 0 Å². The van der Waals surface area contributed by atoms with Crippen LogP contribution in [0.2, 0.25) is 0 Å². The second-order valence-corrected chi connectivity index (χ2v) is 5.68. The monoisotopic (exact) mass is 248 g/mol. The maximum atomic E-state index is 2.37. The third kappa shape index (κ3) is 3.12. The van der Waals surface area contributed by atoms with Crippen LogP contribution in [0.25, 0.3) is 0 Å². The molecule has 0 spiro atoms. The van der Waals surface area contributed by atoms with E-state index in [4.69, 9.17) is 0 Å². The summed E-state index contributed by atoms with van der Waals surface area (Å²) in [5.41, 5.74) is 3.16. The van der Waals surface area contributed by atoms with Crippen LogP contribution >= 0.6 is 0 Å². The molecular weight excluding hydrogens is 220 g/mol. The molecule has 0 aliphatic heterocycles. The van der Waals surface area contributed by atoms with Gasteiger partial charge in [-0.25, -0.2) is 0 Å². The van der Waals surface area contributed by atoms with Crippen molar-refractivity contribution < 1.29 is 9.80 Å². The first kappa shape index (κ1) is 13.6. The average Bonchev–Trinajstić information content (AvgIpc) is 2.83. The van der Waals surface area contributed by atoms with Gasteiger partial charge in [-0.2, -0.15) is 0 Å². The molecule has 2 nitrogen and oxygen atoms in total. The largest absolute Gasteiger partial charge is 0.331 e. The third-order valence-electron chi connectivity index (χ3n) is 4.62. The summed E-state index contributed by atoms with van der Waals surface area (Å²) in [6.45, 7) is 9.71. The normalized spacial score (nSPS) is 17.1. The van der Waals surface area contributed by atoms with Gasteiger partial charge in [0.1, 0.15) is 13.1 Å². The Balaban J connectivity index is 1.84. The minimum absolute atomic E-state index is 0.803. The highest BCUT2D eigenvalue weighted by Crippen LogP contribution is 2.19. The molecule has 18 heavy (non-hydrogen) atoms. The number of hydrogen-bond acceptors (Lipinski definition) is 0. The molecule has 0 saturated carbocycles. The van der Waals surface area contributed by atoms with Crippen molar-refractivity contribution in [1.29, 1.82) is 0 Å². The molecule has 0 amide bonds. The highest BCUT2D eigenvalue weighted by atomic mass is 15.2. The molecule has 0 fully saturated rings. The zero-order valence-electron chi connectivity index (χ0n) is 12.1. The fraction of sp³-hybridized carbons (Fsp3) is 0.625. The quantitative estimate of drug-likeness (QED) is 0.677. The molecule has 2 rings (SSSR count). The number of rotatable bonds is 6. The molecule has 0 heterocycles. The van der Waals surface area contributed by atoms with Crippen molar-refractivity contribution in [3.8, 4) is 0 Å². The van der Waals surface area contributed by atoms with Gasteiger partial charge in [-0.15, -0.1) is 0 Å². The fourth-order valence-corrected chi connectivity index (χ4v) is 3.09. The van der Waals surface area contributed by atoms with Crippen LogP contribution in [0.5, 0.6) is 0 Å². The first-order chi connectivity index (χ1) is 8.74. The Bertz CT molecular complexity index is 346. The topological polar surface area (TPSA) is 8.88 Å². The van der Waals surface area contributed by atoms with Crippen molar-refractivity contribution in [1.82, 2.24) is 0 Å². The summed E-state index contributed by atoms with van der Waals surface area (Å²) in [7, 11) is 2.37. The first-order valence-electron chi connectivity index (χ1n) is 7.47. The smallest absolute Gasteiger partial charge is 0.127 e. The minimum atomic E-state index is 0.803. The van der Waals surface area contributed by atoms with Crippen LogP contribution in [-0.2, 0) is 12.8 Å². The summed E-state index contributed by atoms with van der Waals surface area (Å²) >= 11 is 0. The Kier molecular flexibility index (Phi) is 4.79. The first-order valence-corrected chi connectivity index (χ1v) is 7.47. The Hall–Kier alpha value is -0.860. The van der Waals surface area contributed by atoms with Crippen LogP contribution in [0.15, 0.2) is 24.3 Å². The van der Waals surface area contributed by atoms with Gasteiger partial charge in [-0.1, -0.05) is 24.3 Å². The van der Waals surface area contributed by atoms with E-state index < -0.39 is 0 Å². The van der Waals surface area contributed by atoms with E-state index in [0.717, 1.165) is 6.04 Å². The summed E-state index contributed by atoms with van der Waals surface area (Å²) in [5, 5.41) is 0. The summed E-state index contributed by atoms with van der Waals surface area (Å²) in [6, 6.07) is 9.77. The van der Waals surface area contributed by atoms with E-state index in [2.05, 4.69) is 45.2 Å². The van der Waals surface area contributed by atoms with Crippen LogP contribution < -0.4 is 9.80 Å². The summed E-state index contributed by atoms with van der Waals surface area (Å²) < 4.78 is 0. The number of hydrogen-bond donors (Lipinski definition) is 2. The number of benzene rings is 1. The lowest BCUT2D eigenvalue weighted by Gasteiger charge is -2.23. The molecule has 1 aromatic rings. The zero-order chi connectivity index (χ0) is 13.0. The highest BCUT2D eigenvalue weighted by molar-refractivity contribution is 5.32. The lowest BCUT2D eigenvalue weighted by atomic mass is 10.1. The van der Waals surface area contributed by atoms with Crippen molar-refractivity contribution >= 4 is 0 Å². The van der Waals surface area contributed by atoms with Crippen molar-refractivity contribution in [2.45, 2.75) is 32.7 Å². The zero-order valence-corrected chi connectivity index (χ0v) is 12.1. The van der Waals surface area contributed by atoms with Crippen molar-refractivity contribution in [2.24, 2.45) is 0 Å². The Morgan fingerprint density at radius 3 is 2.06 bits per heavy atom. The standard InChI is InChI=1S/C16H26N2/c1-4-18(5-2)11-10-17(3)16-12-14-8-6-7-9-15(14)13-16/h6-9,16H,4-5,10-13H2,1-3H3/p+2. The molecule has 0 bridgehead atoms. The molecule has 0 radical (unpaired) electrons. The predicted octanol–water partition coefficient (Wildman–Crippen LogP) is -0.407. The number of likely N-dealkylation sites (N-methyl/N-ethyl adjacent to an activating group) is 2. The molecule has 1 aliphatic carbocycles. The Morgan fingerprint density at radius 2 is 1.56 bits per heavy atom. The second kappa shape index (κ2) is 6.35. The van der Waals surface area contributed by atoms with E-state index in [0.29, 0.717) is 0 Å². The van der Waals surface area contributed by atoms with Crippen LogP contribution in [0.4, 0.5) is 0 Å². The van der Waals surface area contributed by atoms with Gasteiger partial charge in [0.2, 0.25) is 0 Å². The van der Waals surface area contributed by atoms with Crippen molar-refractivity contribution in [3.63, 3.8) is 0 Å². The lowest BCUT2D eigenvalue weighted by Crippen LogP contribution is -3.20. The number of nitrogens with one attached hydrogen (secondary N) is 2. The average molecular weight is 248 g/mol. The van der Waals surface area contributed by atoms with E-state index in [1.165, 1.54) is 39.0 Å². The van der Waals surface area contributed by atoms with E-state index in [1.54, 1.807) is 20.9 Å². The van der Waals surface area contributed by atoms with E-state index in [9.17, 15) is 0 Å².